The molecule has 144 valence electrons. The molecule has 4 rings (SSSR count). The molecule has 8 nitrogen and oxygen atoms in total. The number of anilines is 1. The SMILES string of the molecule is C[C@H](NC(=O)Nc1nnc(C(F)(F)F)s1)N1C(=O)[C@@H]2[C@@H](C1=O)[C@H]1C=C[C@H]2C1. The van der Waals surface area contributed by atoms with Crippen LogP contribution in [0.1, 0.15) is 18.4 Å². The Bertz CT molecular complexity index is 824. The van der Waals surface area contributed by atoms with E-state index in [1.165, 1.54) is 6.92 Å². The number of hydrogen-bond donors (Lipinski definition) is 2. The normalized spacial score (nSPS) is 30.0. The first-order valence-corrected chi connectivity index (χ1v) is 9.02. The Morgan fingerprint density at radius 1 is 1.22 bits per heavy atom. The monoisotopic (exact) mass is 401 g/mol. The van der Waals surface area contributed by atoms with E-state index in [-0.39, 0.29) is 40.1 Å². The Balaban J connectivity index is 1.40. The van der Waals surface area contributed by atoms with Gasteiger partial charge in [-0.05, 0) is 25.2 Å². The molecule has 2 heterocycles. The molecule has 1 aliphatic heterocycles. The summed E-state index contributed by atoms with van der Waals surface area (Å²) < 4.78 is 37.5. The number of nitrogens with zero attached hydrogens (tertiary/aromatic N) is 3. The Kier molecular flexibility index (Phi) is 3.98. The van der Waals surface area contributed by atoms with E-state index < -0.39 is 35.2 Å². The van der Waals surface area contributed by atoms with E-state index in [2.05, 4.69) is 20.8 Å². The van der Waals surface area contributed by atoms with Gasteiger partial charge in [0.15, 0.2) is 0 Å². The average molecular weight is 401 g/mol. The zero-order valence-electron chi connectivity index (χ0n) is 13.9. The van der Waals surface area contributed by atoms with Gasteiger partial charge in [-0.25, -0.2) is 4.79 Å². The minimum Gasteiger partial charge on any atom is -0.317 e. The van der Waals surface area contributed by atoms with Crippen molar-refractivity contribution in [2.24, 2.45) is 23.7 Å². The first-order valence-electron chi connectivity index (χ1n) is 8.20. The van der Waals surface area contributed by atoms with E-state index in [1.807, 2.05) is 12.2 Å². The molecule has 0 aromatic carbocycles. The Labute approximate surface area is 154 Å². The topological polar surface area (TPSA) is 104 Å². The van der Waals surface area contributed by atoms with E-state index in [4.69, 9.17) is 0 Å². The predicted molar refractivity (Wildman–Crippen MR) is 86.1 cm³/mol. The second-order valence-corrected chi connectivity index (χ2v) is 7.71. The van der Waals surface area contributed by atoms with E-state index in [0.29, 0.717) is 0 Å². The molecule has 2 aliphatic carbocycles. The van der Waals surface area contributed by atoms with Crippen LogP contribution in [0.3, 0.4) is 0 Å². The number of carbonyl (C=O) groups excluding carboxylic acids is 3. The van der Waals surface area contributed by atoms with Crippen molar-refractivity contribution in [1.29, 1.82) is 0 Å². The Hall–Kier alpha value is -2.50. The van der Waals surface area contributed by atoms with Crippen LogP contribution in [0.15, 0.2) is 12.2 Å². The first-order chi connectivity index (χ1) is 12.7. The van der Waals surface area contributed by atoms with Crippen LogP contribution in [0, 0.1) is 23.7 Å². The minimum absolute atomic E-state index is 0.0460. The number of hydrogen-bond acceptors (Lipinski definition) is 6. The summed E-state index contributed by atoms with van der Waals surface area (Å²) in [5, 5.41) is 9.20. The van der Waals surface area contributed by atoms with Crippen LogP contribution in [0.2, 0.25) is 0 Å². The van der Waals surface area contributed by atoms with Crippen LogP contribution < -0.4 is 10.6 Å². The van der Waals surface area contributed by atoms with Gasteiger partial charge in [0.1, 0.15) is 6.17 Å². The molecule has 1 aromatic rings. The van der Waals surface area contributed by atoms with Crippen LogP contribution in [-0.4, -0.2) is 39.1 Å². The lowest BCUT2D eigenvalue weighted by Gasteiger charge is -2.25. The van der Waals surface area contributed by atoms with Gasteiger partial charge in [-0.2, -0.15) is 13.2 Å². The highest BCUT2D eigenvalue weighted by atomic mass is 32.1. The largest absolute Gasteiger partial charge is 0.445 e. The molecule has 27 heavy (non-hydrogen) atoms. The quantitative estimate of drug-likeness (QED) is 0.594. The molecule has 1 saturated carbocycles. The van der Waals surface area contributed by atoms with Crippen molar-refractivity contribution in [3.63, 3.8) is 0 Å². The molecule has 0 radical (unpaired) electrons. The fraction of sp³-hybridized carbons (Fsp3) is 0.533. The van der Waals surface area contributed by atoms with Crippen molar-refractivity contribution in [3.05, 3.63) is 17.2 Å². The number of likely N-dealkylation sites (tertiary alicyclic amines) is 1. The van der Waals surface area contributed by atoms with Gasteiger partial charge >= 0.3 is 12.2 Å². The van der Waals surface area contributed by atoms with Crippen molar-refractivity contribution in [2.45, 2.75) is 25.7 Å². The van der Waals surface area contributed by atoms with Gasteiger partial charge < -0.3 is 5.32 Å². The molecule has 12 heteroatoms. The second kappa shape index (κ2) is 6.01. The van der Waals surface area contributed by atoms with E-state index in [9.17, 15) is 27.6 Å². The summed E-state index contributed by atoms with van der Waals surface area (Å²) in [4.78, 5) is 38.3. The molecule has 1 aromatic heterocycles. The fourth-order valence-electron chi connectivity index (χ4n) is 4.08. The number of imide groups is 1. The van der Waals surface area contributed by atoms with E-state index in [0.717, 1.165) is 11.3 Å². The number of alkyl halides is 3. The fourth-order valence-corrected chi connectivity index (χ4v) is 4.69. The van der Waals surface area contributed by atoms with E-state index in [1.54, 1.807) is 0 Å². The summed E-state index contributed by atoms with van der Waals surface area (Å²) in [6, 6.07) is -0.883. The van der Waals surface area contributed by atoms with Crippen molar-refractivity contribution in [2.75, 3.05) is 5.32 Å². The Morgan fingerprint density at radius 2 is 1.81 bits per heavy atom. The summed E-state index contributed by atoms with van der Waals surface area (Å²) in [6.45, 7) is 1.47. The molecule has 5 atom stereocenters. The maximum Gasteiger partial charge on any atom is 0.445 e. The summed E-state index contributed by atoms with van der Waals surface area (Å²) in [6.07, 6.45) is -0.884. The van der Waals surface area contributed by atoms with Gasteiger partial charge in [0.2, 0.25) is 22.0 Å². The van der Waals surface area contributed by atoms with Crippen LogP contribution in [0.25, 0.3) is 0 Å². The van der Waals surface area contributed by atoms with Gasteiger partial charge in [0, 0.05) is 0 Å². The average Bonchev–Trinajstić information content (AvgIpc) is 3.30. The zero-order valence-corrected chi connectivity index (χ0v) is 14.7. The second-order valence-electron chi connectivity index (χ2n) is 6.73. The number of carbonyl (C=O) groups is 3. The molecule has 2 bridgehead atoms. The van der Waals surface area contributed by atoms with Crippen LogP contribution in [-0.2, 0) is 15.8 Å². The summed E-state index contributed by atoms with van der Waals surface area (Å²) in [5.74, 6) is -1.35. The molecule has 0 spiro atoms. The van der Waals surface area contributed by atoms with Crippen molar-refractivity contribution in [3.8, 4) is 0 Å². The highest BCUT2D eigenvalue weighted by Gasteiger charge is 2.60. The summed E-state index contributed by atoms with van der Waals surface area (Å²) in [5.41, 5.74) is 0. The van der Waals surface area contributed by atoms with Gasteiger partial charge in [-0.3, -0.25) is 19.8 Å². The number of nitrogens with one attached hydrogen (secondary N) is 2. The van der Waals surface area contributed by atoms with Crippen molar-refractivity contribution < 1.29 is 27.6 Å². The number of rotatable bonds is 3. The van der Waals surface area contributed by atoms with E-state index >= 15 is 0 Å². The molecule has 2 N–H and O–H groups in total. The van der Waals surface area contributed by atoms with Crippen molar-refractivity contribution in [1.82, 2.24) is 20.4 Å². The number of aromatic nitrogens is 2. The number of halogens is 3. The zero-order chi connectivity index (χ0) is 19.5. The van der Waals surface area contributed by atoms with Crippen LogP contribution >= 0.6 is 11.3 Å². The molecule has 4 amide bonds. The lowest BCUT2D eigenvalue weighted by Crippen LogP contribution is -2.51. The molecule has 1 saturated heterocycles. The summed E-state index contributed by atoms with van der Waals surface area (Å²) >= 11 is 0.176. The highest BCUT2D eigenvalue weighted by molar-refractivity contribution is 7.15. The molecule has 3 aliphatic rings. The molecular formula is C15H14F3N5O3S. The maximum atomic E-state index is 12.6. The number of amides is 4. The van der Waals surface area contributed by atoms with Gasteiger partial charge in [-0.15, -0.1) is 10.2 Å². The number of fused-ring (bicyclic) bond motifs is 5. The minimum atomic E-state index is -4.65. The third-order valence-corrected chi connectivity index (χ3v) is 6.00. The lowest BCUT2D eigenvalue weighted by molar-refractivity contribution is -0.143. The first kappa shape index (κ1) is 17.9. The van der Waals surface area contributed by atoms with Crippen LogP contribution in [0.4, 0.5) is 23.1 Å². The Morgan fingerprint density at radius 3 is 2.33 bits per heavy atom. The molecule has 0 unspecified atom stereocenters. The number of urea groups is 1. The third-order valence-electron chi connectivity index (χ3n) is 5.12. The van der Waals surface area contributed by atoms with Crippen molar-refractivity contribution >= 4 is 34.3 Å². The van der Waals surface area contributed by atoms with Gasteiger partial charge in [-0.1, -0.05) is 23.5 Å². The molecular weight excluding hydrogens is 387 g/mol. The summed E-state index contributed by atoms with van der Waals surface area (Å²) in [7, 11) is 0. The lowest BCUT2D eigenvalue weighted by atomic mass is 9.85. The predicted octanol–water partition coefficient (Wildman–Crippen LogP) is 1.83. The third kappa shape index (κ3) is 2.87. The maximum absolute atomic E-state index is 12.6. The molecule has 2 fully saturated rings. The van der Waals surface area contributed by atoms with Gasteiger partial charge in [0.05, 0.1) is 11.8 Å². The van der Waals surface area contributed by atoms with Gasteiger partial charge in [0.25, 0.3) is 0 Å². The highest BCUT2D eigenvalue weighted by Crippen LogP contribution is 2.52. The standard InChI is InChI=1S/C15H14F3N5O3S/c1-5(19-13(26)20-14-22-21-12(27-14)15(16,17)18)23-10(24)8-6-2-3-7(4-6)9(8)11(23)25/h2-3,5-9H,4H2,1H3,(H2,19,20,22,26)/t5-,6+,7+,8+,9+/m1/s1. The smallest absolute Gasteiger partial charge is 0.317 e. The van der Waals surface area contributed by atoms with Crippen LogP contribution in [0.5, 0.6) is 0 Å². The number of allylic oxidation sites excluding steroid dienone is 2.